The molecule has 8 heteroatoms. The van der Waals surface area contributed by atoms with Gasteiger partial charge in [-0.15, -0.1) is 11.3 Å². The highest BCUT2D eigenvalue weighted by molar-refractivity contribution is 7.91. The molecule has 26 heavy (non-hydrogen) atoms. The van der Waals surface area contributed by atoms with Crippen molar-refractivity contribution in [2.24, 2.45) is 0 Å². The highest BCUT2D eigenvalue weighted by atomic mass is 32.2. The molecule has 1 fully saturated rings. The maximum absolute atomic E-state index is 12.1. The molecule has 0 spiro atoms. The zero-order valence-corrected chi connectivity index (χ0v) is 16.2. The monoisotopic (exact) mass is 393 g/mol. The summed E-state index contributed by atoms with van der Waals surface area (Å²) in [5.74, 6) is 0.375. The number of rotatable bonds is 7. The number of aromatic nitrogens is 1. The zero-order chi connectivity index (χ0) is 18.4. The van der Waals surface area contributed by atoms with Gasteiger partial charge in [-0.25, -0.2) is 13.4 Å². The Balaban J connectivity index is 1.38. The molecule has 0 radical (unpaired) electrons. The second-order valence-corrected chi connectivity index (χ2v) is 9.66. The summed E-state index contributed by atoms with van der Waals surface area (Å²) in [7, 11) is -2.85. The fraction of sp³-hybridized carbons (Fsp3) is 0.444. The van der Waals surface area contributed by atoms with Gasteiger partial charge < -0.3 is 5.32 Å². The molecule has 1 aromatic carbocycles. The first-order valence-corrected chi connectivity index (χ1v) is 11.4. The lowest BCUT2D eigenvalue weighted by molar-refractivity contribution is -0.120. The van der Waals surface area contributed by atoms with Crippen molar-refractivity contribution in [1.29, 1.82) is 0 Å². The van der Waals surface area contributed by atoms with Gasteiger partial charge in [-0.3, -0.25) is 9.69 Å². The first-order valence-electron chi connectivity index (χ1n) is 8.67. The van der Waals surface area contributed by atoms with Gasteiger partial charge in [0, 0.05) is 38.0 Å². The van der Waals surface area contributed by atoms with Crippen molar-refractivity contribution in [3.05, 3.63) is 52.0 Å². The van der Waals surface area contributed by atoms with E-state index in [1.54, 1.807) is 11.3 Å². The molecule has 1 saturated heterocycles. The molecular formula is C18H23N3O3S2. The maximum atomic E-state index is 12.1. The molecule has 1 amide bonds. The van der Waals surface area contributed by atoms with Gasteiger partial charge in [0.05, 0.1) is 28.6 Å². The van der Waals surface area contributed by atoms with E-state index in [4.69, 9.17) is 0 Å². The first kappa shape index (κ1) is 19.0. The largest absolute Gasteiger partial charge is 0.354 e. The third kappa shape index (κ3) is 5.89. The van der Waals surface area contributed by atoms with Crippen LogP contribution < -0.4 is 5.32 Å². The summed E-state index contributed by atoms with van der Waals surface area (Å²) in [6.45, 7) is 2.30. The van der Waals surface area contributed by atoms with Crippen LogP contribution in [0.3, 0.4) is 0 Å². The maximum Gasteiger partial charge on any atom is 0.226 e. The minimum atomic E-state index is -2.85. The number of hydrogen-bond donors (Lipinski definition) is 1. The Kier molecular flexibility index (Phi) is 6.39. The van der Waals surface area contributed by atoms with Crippen LogP contribution in [0, 0.1) is 0 Å². The molecule has 1 aliphatic heterocycles. The molecular weight excluding hydrogens is 370 g/mol. The van der Waals surface area contributed by atoms with E-state index >= 15 is 0 Å². The van der Waals surface area contributed by atoms with Gasteiger partial charge in [0.2, 0.25) is 5.91 Å². The molecule has 0 unspecified atom stereocenters. The van der Waals surface area contributed by atoms with Crippen LogP contribution in [0.2, 0.25) is 0 Å². The van der Waals surface area contributed by atoms with Gasteiger partial charge in [-0.1, -0.05) is 30.3 Å². The van der Waals surface area contributed by atoms with Crippen molar-refractivity contribution in [3.63, 3.8) is 0 Å². The quantitative estimate of drug-likeness (QED) is 0.763. The summed E-state index contributed by atoms with van der Waals surface area (Å²) in [6, 6.07) is 10.1. The third-order valence-corrected chi connectivity index (χ3v) is 6.83. The van der Waals surface area contributed by atoms with Crippen LogP contribution in [0.15, 0.2) is 35.7 Å². The SMILES string of the molecule is O=C(Cc1csc(Cc2ccccc2)n1)NCCN1CCS(=O)(=O)CC1. The van der Waals surface area contributed by atoms with Crippen LogP contribution in [0.1, 0.15) is 16.3 Å². The van der Waals surface area contributed by atoms with E-state index in [0.29, 0.717) is 26.2 Å². The van der Waals surface area contributed by atoms with E-state index in [9.17, 15) is 13.2 Å². The second kappa shape index (κ2) is 8.75. The topological polar surface area (TPSA) is 79.4 Å². The van der Waals surface area contributed by atoms with E-state index in [2.05, 4.69) is 27.3 Å². The summed E-state index contributed by atoms with van der Waals surface area (Å²) in [5.41, 5.74) is 2.00. The Labute approximate surface area is 158 Å². The number of carbonyl (C=O) groups is 1. The third-order valence-electron chi connectivity index (χ3n) is 4.33. The Bertz CT molecular complexity index is 820. The number of benzene rings is 1. The fourth-order valence-corrected chi connectivity index (χ4v) is 4.94. The second-order valence-electron chi connectivity index (χ2n) is 6.42. The average molecular weight is 394 g/mol. The molecule has 0 atom stereocenters. The van der Waals surface area contributed by atoms with Gasteiger partial charge in [-0.2, -0.15) is 0 Å². The summed E-state index contributed by atoms with van der Waals surface area (Å²) in [5, 5.41) is 5.84. The van der Waals surface area contributed by atoms with Crippen LogP contribution in [0.5, 0.6) is 0 Å². The van der Waals surface area contributed by atoms with Crippen molar-refractivity contribution in [2.45, 2.75) is 12.8 Å². The molecule has 0 aliphatic carbocycles. The Morgan fingerprint density at radius 3 is 2.65 bits per heavy atom. The van der Waals surface area contributed by atoms with Crippen LogP contribution in [0.4, 0.5) is 0 Å². The van der Waals surface area contributed by atoms with Gasteiger partial charge in [0.15, 0.2) is 9.84 Å². The molecule has 140 valence electrons. The molecule has 1 aliphatic rings. The average Bonchev–Trinajstić information content (AvgIpc) is 3.04. The van der Waals surface area contributed by atoms with E-state index in [1.165, 1.54) is 5.56 Å². The number of hydrogen-bond acceptors (Lipinski definition) is 6. The van der Waals surface area contributed by atoms with Crippen molar-refractivity contribution < 1.29 is 13.2 Å². The fourth-order valence-electron chi connectivity index (χ4n) is 2.84. The highest BCUT2D eigenvalue weighted by Gasteiger charge is 2.21. The summed E-state index contributed by atoms with van der Waals surface area (Å²) < 4.78 is 22.8. The van der Waals surface area contributed by atoms with Crippen molar-refractivity contribution in [1.82, 2.24) is 15.2 Å². The van der Waals surface area contributed by atoms with Crippen LogP contribution in [0.25, 0.3) is 0 Å². The van der Waals surface area contributed by atoms with Gasteiger partial charge in [0.25, 0.3) is 0 Å². The number of sulfone groups is 1. The molecule has 1 N–H and O–H groups in total. The van der Waals surface area contributed by atoms with Gasteiger partial charge in [-0.05, 0) is 5.56 Å². The number of nitrogens with zero attached hydrogens (tertiary/aromatic N) is 2. The first-order chi connectivity index (χ1) is 12.5. The molecule has 2 heterocycles. The standard InChI is InChI=1S/C18H23N3O3S2/c22-17(19-6-7-21-8-10-26(23,24)11-9-21)13-16-14-25-18(20-16)12-15-4-2-1-3-5-15/h1-5,14H,6-13H2,(H,19,22). The molecule has 3 rings (SSSR count). The van der Waals surface area contributed by atoms with E-state index in [1.807, 2.05) is 23.6 Å². The minimum Gasteiger partial charge on any atom is -0.354 e. The summed E-state index contributed by atoms with van der Waals surface area (Å²) in [4.78, 5) is 18.7. The van der Waals surface area contributed by atoms with Crippen molar-refractivity contribution in [3.8, 4) is 0 Å². The summed E-state index contributed by atoms with van der Waals surface area (Å²) >= 11 is 1.58. The predicted octanol–water partition coefficient (Wildman–Crippen LogP) is 1.12. The summed E-state index contributed by atoms with van der Waals surface area (Å²) in [6.07, 6.45) is 1.06. The van der Waals surface area contributed by atoms with Crippen LogP contribution in [-0.2, 0) is 27.5 Å². The molecule has 2 aromatic rings. The predicted molar refractivity (Wildman–Crippen MR) is 103 cm³/mol. The molecule has 6 nitrogen and oxygen atoms in total. The molecule has 0 saturated carbocycles. The number of amides is 1. The Hall–Kier alpha value is -1.77. The van der Waals surface area contributed by atoms with Gasteiger partial charge in [0.1, 0.15) is 0 Å². The van der Waals surface area contributed by atoms with Crippen LogP contribution >= 0.6 is 11.3 Å². The number of nitrogens with one attached hydrogen (secondary N) is 1. The Morgan fingerprint density at radius 1 is 1.19 bits per heavy atom. The van der Waals surface area contributed by atoms with Crippen LogP contribution in [-0.4, -0.2) is 61.9 Å². The molecule has 0 bridgehead atoms. The molecule has 1 aromatic heterocycles. The van der Waals surface area contributed by atoms with E-state index < -0.39 is 9.84 Å². The highest BCUT2D eigenvalue weighted by Crippen LogP contribution is 2.15. The lowest BCUT2D eigenvalue weighted by atomic mass is 10.2. The number of thiazole rings is 1. The van der Waals surface area contributed by atoms with Crippen molar-refractivity contribution >= 4 is 27.1 Å². The Morgan fingerprint density at radius 2 is 1.92 bits per heavy atom. The van der Waals surface area contributed by atoms with Crippen molar-refractivity contribution in [2.75, 3.05) is 37.7 Å². The minimum absolute atomic E-state index is 0.0498. The smallest absolute Gasteiger partial charge is 0.226 e. The number of carbonyl (C=O) groups excluding carboxylic acids is 1. The van der Waals surface area contributed by atoms with E-state index in [0.717, 1.165) is 17.1 Å². The lowest BCUT2D eigenvalue weighted by Gasteiger charge is -2.26. The normalized spacial score (nSPS) is 17.1. The van der Waals surface area contributed by atoms with E-state index in [-0.39, 0.29) is 23.8 Å². The van der Waals surface area contributed by atoms with Gasteiger partial charge >= 0.3 is 0 Å². The lowest BCUT2D eigenvalue weighted by Crippen LogP contribution is -2.44. The zero-order valence-electron chi connectivity index (χ0n) is 14.6.